The minimum Gasteiger partial charge on any atom is -0.495 e. The third kappa shape index (κ3) is 4.56. The summed E-state index contributed by atoms with van der Waals surface area (Å²) in [7, 11) is 1.64. The van der Waals surface area contributed by atoms with Gasteiger partial charge in [-0.1, -0.05) is 12.1 Å². The number of anilines is 3. The molecule has 0 spiro atoms. The zero-order chi connectivity index (χ0) is 16.6. The number of para-hydroxylation sites is 2. The molecule has 0 atom stereocenters. The molecule has 7 nitrogen and oxygen atoms in total. The maximum Gasteiger partial charge on any atom is 0.229 e. The third-order valence-electron chi connectivity index (χ3n) is 3.85. The highest BCUT2D eigenvalue weighted by Crippen LogP contribution is 2.25. The predicted octanol–water partition coefficient (Wildman–Crippen LogP) is 1.97. The van der Waals surface area contributed by atoms with Crippen molar-refractivity contribution in [2.45, 2.75) is 0 Å². The predicted molar refractivity (Wildman–Crippen MR) is 94.1 cm³/mol. The monoisotopic (exact) mass is 329 g/mol. The molecule has 1 saturated heterocycles. The quantitative estimate of drug-likeness (QED) is 0.804. The Kier molecular flexibility index (Phi) is 5.81. The van der Waals surface area contributed by atoms with Crippen LogP contribution in [0.4, 0.5) is 17.5 Å². The number of ether oxygens (including phenoxy) is 2. The molecule has 0 bridgehead atoms. The van der Waals surface area contributed by atoms with Gasteiger partial charge in [0.15, 0.2) is 0 Å². The Morgan fingerprint density at radius 1 is 1.21 bits per heavy atom. The van der Waals surface area contributed by atoms with Crippen LogP contribution in [-0.4, -0.2) is 61.4 Å². The van der Waals surface area contributed by atoms with Crippen molar-refractivity contribution in [2.75, 3.05) is 57.1 Å². The Labute approximate surface area is 142 Å². The van der Waals surface area contributed by atoms with Crippen molar-refractivity contribution in [3.8, 4) is 5.75 Å². The second kappa shape index (κ2) is 8.47. The molecule has 1 aliphatic rings. The molecule has 2 N–H and O–H groups in total. The summed E-state index contributed by atoms with van der Waals surface area (Å²) < 4.78 is 10.7. The van der Waals surface area contributed by atoms with Gasteiger partial charge in [0, 0.05) is 32.4 Å². The van der Waals surface area contributed by atoms with Gasteiger partial charge < -0.3 is 20.1 Å². The highest BCUT2D eigenvalue weighted by Gasteiger charge is 2.09. The van der Waals surface area contributed by atoms with Gasteiger partial charge in [-0.25, -0.2) is 4.98 Å². The van der Waals surface area contributed by atoms with E-state index in [0.717, 1.165) is 56.6 Å². The van der Waals surface area contributed by atoms with E-state index in [1.807, 2.05) is 30.3 Å². The summed E-state index contributed by atoms with van der Waals surface area (Å²) in [6, 6.07) is 9.56. The van der Waals surface area contributed by atoms with Crippen molar-refractivity contribution in [1.29, 1.82) is 0 Å². The van der Waals surface area contributed by atoms with Crippen LogP contribution < -0.4 is 15.4 Å². The number of benzene rings is 1. The minimum absolute atomic E-state index is 0.538. The zero-order valence-electron chi connectivity index (χ0n) is 13.9. The van der Waals surface area contributed by atoms with Crippen LogP contribution in [0, 0.1) is 0 Å². The Morgan fingerprint density at radius 3 is 2.88 bits per heavy atom. The van der Waals surface area contributed by atoms with Crippen LogP contribution in [-0.2, 0) is 4.74 Å². The normalized spacial score (nSPS) is 15.0. The van der Waals surface area contributed by atoms with Gasteiger partial charge in [0.1, 0.15) is 11.6 Å². The molecule has 0 radical (unpaired) electrons. The number of morpholine rings is 1. The van der Waals surface area contributed by atoms with E-state index in [1.165, 1.54) is 0 Å². The number of aromatic nitrogens is 2. The largest absolute Gasteiger partial charge is 0.495 e. The molecular weight excluding hydrogens is 306 g/mol. The molecule has 2 heterocycles. The molecule has 1 aromatic carbocycles. The van der Waals surface area contributed by atoms with Crippen molar-refractivity contribution < 1.29 is 9.47 Å². The smallest absolute Gasteiger partial charge is 0.229 e. The van der Waals surface area contributed by atoms with E-state index in [2.05, 4.69) is 25.5 Å². The standard InChI is InChI=1S/C17H23N5O2/c1-23-15-5-3-2-4-14(15)20-17-19-7-6-16(21-17)18-8-9-22-10-12-24-13-11-22/h2-7H,8-13H2,1H3,(H2,18,19,20,21). The third-order valence-corrected chi connectivity index (χ3v) is 3.85. The number of hydrogen-bond acceptors (Lipinski definition) is 7. The van der Waals surface area contributed by atoms with E-state index < -0.39 is 0 Å². The molecule has 0 aliphatic carbocycles. The fraction of sp³-hybridized carbons (Fsp3) is 0.412. The van der Waals surface area contributed by atoms with Crippen molar-refractivity contribution in [3.05, 3.63) is 36.5 Å². The lowest BCUT2D eigenvalue weighted by molar-refractivity contribution is 0.0398. The van der Waals surface area contributed by atoms with Gasteiger partial charge in [-0.2, -0.15) is 4.98 Å². The number of nitrogens with one attached hydrogen (secondary N) is 2. The fourth-order valence-electron chi connectivity index (χ4n) is 2.55. The average molecular weight is 329 g/mol. The van der Waals surface area contributed by atoms with Crippen molar-refractivity contribution in [1.82, 2.24) is 14.9 Å². The Morgan fingerprint density at radius 2 is 2.04 bits per heavy atom. The average Bonchev–Trinajstić information content (AvgIpc) is 2.63. The van der Waals surface area contributed by atoms with E-state index in [-0.39, 0.29) is 0 Å². The van der Waals surface area contributed by atoms with Gasteiger partial charge in [0.2, 0.25) is 5.95 Å². The lowest BCUT2D eigenvalue weighted by Gasteiger charge is -2.26. The highest BCUT2D eigenvalue weighted by atomic mass is 16.5. The Balaban J connectivity index is 1.55. The topological polar surface area (TPSA) is 71.5 Å². The van der Waals surface area contributed by atoms with E-state index in [0.29, 0.717) is 5.95 Å². The van der Waals surface area contributed by atoms with Gasteiger partial charge in [-0.15, -0.1) is 0 Å². The number of hydrogen-bond donors (Lipinski definition) is 2. The SMILES string of the molecule is COc1ccccc1Nc1nccc(NCCN2CCOCC2)n1. The maximum absolute atomic E-state index is 5.35. The Bertz CT molecular complexity index is 646. The van der Waals surface area contributed by atoms with Gasteiger partial charge in [0.25, 0.3) is 0 Å². The lowest BCUT2D eigenvalue weighted by atomic mass is 10.3. The van der Waals surface area contributed by atoms with Gasteiger partial charge in [-0.3, -0.25) is 4.90 Å². The van der Waals surface area contributed by atoms with E-state index in [9.17, 15) is 0 Å². The van der Waals surface area contributed by atoms with Crippen LogP contribution in [0.5, 0.6) is 5.75 Å². The van der Waals surface area contributed by atoms with Gasteiger partial charge in [0.05, 0.1) is 26.0 Å². The first kappa shape index (κ1) is 16.5. The summed E-state index contributed by atoms with van der Waals surface area (Å²) in [5.74, 6) is 2.10. The maximum atomic E-state index is 5.35. The highest BCUT2D eigenvalue weighted by molar-refractivity contribution is 5.62. The second-order valence-corrected chi connectivity index (χ2v) is 5.47. The van der Waals surface area contributed by atoms with E-state index >= 15 is 0 Å². The number of methoxy groups -OCH3 is 1. The minimum atomic E-state index is 0.538. The van der Waals surface area contributed by atoms with Crippen molar-refractivity contribution in [2.24, 2.45) is 0 Å². The first-order valence-corrected chi connectivity index (χ1v) is 8.12. The first-order valence-electron chi connectivity index (χ1n) is 8.12. The van der Waals surface area contributed by atoms with Crippen LogP contribution in [0.25, 0.3) is 0 Å². The van der Waals surface area contributed by atoms with Crippen LogP contribution in [0.1, 0.15) is 0 Å². The summed E-state index contributed by atoms with van der Waals surface area (Å²) in [5, 5.41) is 6.53. The lowest BCUT2D eigenvalue weighted by Crippen LogP contribution is -2.39. The molecule has 2 aromatic rings. The molecule has 24 heavy (non-hydrogen) atoms. The molecule has 1 fully saturated rings. The summed E-state index contributed by atoms with van der Waals surface area (Å²) in [5.41, 5.74) is 0.838. The van der Waals surface area contributed by atoms with Gasteiger partial charge >= 0.3 is 0 Å². The summed E-state index contributed by atoms with van der Waals surface area (Å²) in [6.07, 6.45) is 1.74. The second-order valence-electron chi connectivity index (χ2n) is 5.47. The molecule has 0 unspecified atom stereocenters. The molecule has 0 saturated carbocycles. The van der Waals surface area contributed by atoms with Gasteiger partial charge in [-0.05, 0) is 18.2 Å². The molecule has 7 heteroatoms. The molecule has 0 amide bonds. The number of nitrogens with zero attached hydrogens (tertiary/aromatic N) is 3. The molecule has 1 aliphatic heterocycles. The molecule has 1 aromatic heterocycles. The summed E-state index contributed by atoms with van der Waals surface area (Å²) >= 11 is 0. The zero-order valence-corrected chi connectivity index (χ0v) is 13.9. The number of rotatable bonds is 7. The van der Waals surface area contributed by atoms with Crippen LogP contribution in [0.15, 0.2) is 36.5 Å². The van der Waals surface area contributed by atoms with Crippen LogP contribution >= 0.6 is 0 Å². The van der Waals surface area contributed by atoms with E-state index in [4.69, 9.17) is 9.47 Å². The summed E-state index contributed by atoms with van der Waals surface area (Å²) in [4.78, 5) is 11.1. The fourth-order valence-corrected chi connectivity index (χ4v) is 2.55. The van der Waals surface area contributed by atoms with E-state index in [1.54, 1.807) is 13.3 Å². The van der Waals surface area contributed by atoms with Crippen molar-refractivity contribution in [3.63, 3.8) is 0 Å². The molecule has 128 valence electrons. The van der Waals surface area contributed by atoms with Crippen LogP contribution in [0.3, 0.4) is 0 Å². The summed E-state index contributed by atoms with van der Waals surface area (Å²) in [6.45, 7) is 5.44. The molecule has 3 rings (SSSR count). The first-order chi connectivity index (χ1) is 11.8. The molecular formula is C17H23N5O2. The Hall–Kier alpha value is -2.38. The van der Waals surface area contributed by atoms with Crippen LogP contribution in [0.2, 0.25) is 0 Å². The van der Waals surface area contributed by atoms with Crippen molar-refractivity contribution >= 4 is 17.5 Å².